The highest BCUT2D eigenvalue weighted by Crippen LogP contribution is 2.18. The molecule has 0 unspecified atom stereocenters. The van der Waals surface area contributed by atoms with Crippen LogP contribution in [0.3, 0.4) is 0 Å². The van der Waals surface area contributed by atoms with Crippen molar-refractivity contribution in [2.75, 3.05) is 5.32 Å². The molecule has 2 heterocycles. The summed E-state index contributed by atoms with van der Waals surface area (Å²) in [5.74, 6) is 0.189. The molecule has 0 saturated heterocycles. The lowest BCUT2D eigenvalue weighted by atomic mass is 10.3. The molecule has 0 spiro atoms. The standard InChI is InChI=1S/C10H8ClN3O2/c1-6-5-8(14-16-6)10(15)13-7-3-2-4-12-9(7)11/h2-5H,1H3,(H,13,15). The lowest BCUT2D eigenvalue weighted by molar-refractivity contribution is 0.101. The Morgan fingerprint density at radius 3 is 3.00 bits per heavy atom. The molecule has 82 valence electrons. The SMILES string of the molecule is Cc1cc(C(=O)Nc2cccnc2Cl)no1. The Hall–Kier alpha value is -1.88. The zero-order chi connectivity index (χ0) is 11.5. The Kier molecular flexibility index (Phi) is 2.87. The summed E-state index contributed by atoms with van der Waals surface area (Å²) in [4.78, 5) is 15.5. The Morgan fingerprint density at radius 1 is 1.56 bits per heavy atom. The number of hydrogen-bond donors (Lipinski definition) is 1. The van der Waals surface area contributed by atoms with Crippen molar-refractivity contribution >= 4 is 23.2 Å². The fourth-order valence-corrected chi connectivity index (χ4v) is 1.31. The van der Waals surface area contributed by atoms with Crippen molar-refractivity contribution in [1.82, 2.24) is 10.1 Å². The molecule has 0 aromatic carbocycles. The highest BCUT2D eigenvalue weighted by Gasteiger charge is 2.12. The van der Waals surface area contributed by atoms with Gasteiger partial charge in [-0.15, -0.1) is 0 Å². The molecular formula is C10H8ClN3O2. The van der Waals surface area contributed by atoms with Crippen LogP contribution in [0, 0.1) is 6.92 Å². The van der Waals surface area contributed by atoms with Crippen LogP contribution in [-0.4, -0.2) is 16.0 Å². The number of aromatic nitrogens is 2. The number of rotatable bonds is 2. The van der Waals surface area contributed by atoms with Crippen molar-refractivity contribution in [3.63, 3.8) is 0 Å². The van der Waals surface area contributed by atoms with Gasteiger partial charge in [-0.25, -0.2) is 4.98 Å². The summed E-state index contributed by atoms with van der Waals surface area (Å²) in [7, 11) is 0. The van der Waals surface area contributed by atoms with Crippen LogP contribution in [-0.2, 0) is 0 Å². The zero-order valence-corrected chi connectivity index (χ0v) is 9.15. The Morgan fingerprint density at radius 2 is 2.38 bits per heavy atom. The maximum absolute atomic E-state index is 11.7. The van der Waals surface area contributed by atoms with Crippen LogP contribution in [0.4, 0.5) is 5.69 Å². The minimum atomic E-state index is -0.383. The lowest BCUT2D eigenvalue weighted by Gasteiger charge is -2.03. The molecule has 1 amide bonds. The molecule has 6 heteroatoms. The second kappa shape index (κ2) is 4.32. The molecule has 5 nitrogen and oxygen atoms in total. The molecule has 0 aliphatic rings. The Balaban J connectivity index is 2.17. The summed E-state index contributed by atoms with van der Waals surface area (Å²) in [6.07, 6.45) is 1.54. The van der Waals surface area contributed by atoms with E-state index in [-0.39, 0.29) is 16.8 Å². The number of anilines is 1. The van der Waals surface area contributed by atoms with E-state index < -0.39 is 0 Å². The van der Waals surface area contributed by atoms with Gasteiger partial charge in [-0.2, -0.15) is 0 Å². The average molecular weight is 238 g/mol. The molecule has 0 fully saturated rings. The summed E-state index contributed by atoms with van der Waals surface area (Å²) < 4.78 is 4.79. The first-order chi connectivity index (χ1) is 7.66. The number of aryl methyl sites for hydroxylation is 1. The molecule has 2 aromatic heterocycles. The van der Waals surface area contributed by atoms with Gasteiger partial charge in [0.1, 0.15) is 5.76 Å². The minimum Gasteiger partial charge on any atom is -0.361 e. The minimum absolute atomic E-state index is 0.206. The van der Waals surface area contributed by atoms with Gasteiger partial charge < -0.3 is 9.84 Å². The van der Waals surface area contributed by atoms with Gasteiger partial charge in [0.15, 0.2) is 10.8 Å². The molecule has 2 rings (SSSR count). The molecule has 0 aliphatic heterocycles. The smallest absolute Gasteiger partial charge is 0.277 e. The maximum Gasteiger partial charge on any atom is 0.277 e. The fraction of sp³-hybridized carbons (Fsp3) is 0.100. The summed E-state index contributed by atoms with van der Waals surface area (Å²) in [5, 5.41) is 6.41. The summed E-state index contributed by atoms with van der Waals surface area (Å²) in [6, 6.07) is 4.87. The first kappa shape index (κ1) is 10.6. The zero-order valence-electron chi connectivity index (χ0n) is 8.40. The number of pyridine rings is 1. The van der Waals surface area contributed by atoms with E-state index in [2.05, 4.69) is 15.5 Å². The molecule has 16 heavy (non-hydrogen) atoms. The molecular weight excluding hydrogens is 230 g/mol. The van der Waals surface area contributed by atoms with Crippen molar-refractivity contribution in [1.29, 1.82) is 0 Å². The predicted octanol–water partition coefficient (Wildman–Crippen LogP) is 2.28. The molecule has 0 saturated carbocycles. The van der Waals surface area contributed by atoms with Crippen LogP contribution < -0.4 is 5.32 Å². The highest BCUT2D eigenvalue weighted by molar-refractivity contribution is 6.32. The van der Waals surface area contributed by atoms with E-state index >= 15 is 0 Å². The monoisotopic (exact) mass is 237 g/mol. The van der Waals surface area contributed by atoms with Gasteiger partial charge in [-0.3, -0.25) is 4.79 Å². The van der Waals surface area contributed by atoms with Crippen LogP contribution >= 0.6 is 11.6 Å². The molecule has 0 aliphatic carbocycles. The van der Waals surface area contributed by atoms with Crippen LogP contribution in [0.1, 0.15) is 16.2 Å². The fourth-order valence-electron chi connectivity index (χ4n) is 1.14. The van der Waals surface area contributed by atoms with Crippen molar-refractivity contribution in [3.05, 3.63) is 41.0 Å². The van der Waals surface area contributed by atoms with E-state index in [9.17, 15) is 4.79 Å². The average Bonchev–Trinajstić information content (AvgIpc) is 2.68. The van der Waals surface area contributed by atoms with Crippen molar-refractivity contribution in [3.8, 4) is 0 Å². The first-order valence-electron chi connectivity index (χ1n) is 4.52. The van der Waals surface area contributed by atoms with Gasteiger partial charge in [0.25, 0.3) is 5.91 Å². The van der Waals surface area contributed by atoms with E-state index in [0.717, 1.165) is 0 Å². The molecule has 2 aromatic rings. The number of hydrogen-bond acceptors (Lipinski definition) is 4. The van der Waals surface area contributed by atoms with Gasteiger partial charge >= 0.3 is 0 Å². The number of halogens is 1. The predicted molar refractivity (Wildman–Crippen MR) is 58.4 cm³/mol. The van der Waals surface area contributed by atoms with Crippen molar-refractivity contribution in [2.45, 2.75) is 6.92 Å². The second-order valence-corrected chi connectivity index (χ2v) is 3.48. The highest BCUT2D eigenvalue weighted by atomic mass is 35.5. The normalized spacial score (nSPS) is 10.1. The third-order valence-electron chi connectivity index (χ3n) is 1.87. The third kappa shape index (κ3) is 2.20. The lowest BCUT2D eigenvalue weighted by Crippen LogP contribution is -2.12. The summed E-state index contributed by atoms with van der Waals surface area (Å²) in [5.41, 5.74) is 0.646. The van der Waals surface area contributed by atoms with Gasteiger partial charge in [0.2, 0.25) is 0 Å². The second-order valence-electron chi connectivity index (χ2n) is 3.12. The number of carbonyl (C=O) groups is 1. The van der Waals surface area contributed by atoms with E-state index in [0.29, 0.717) is 11.4 Å². The third-order valence-corrected chi connectivity index (χ3v) is 2.17. The number of amides is 1. The number of nitrogens with one attached hydrogen (secondary N) is 1. The van der Waals surface area contributed by atoms with Crippen LogP contribution in [0.15, 0.2) is 28.9 Å². The summed E-state index contributed by atoms with van der Waals surface area (Å²) in [6.45, 7) is 1.71. The van der Waals surface area contributed by atoms with Gasteiger partial charge in [0.05, 0.1) is 5.69 Å². The van der Waals surface area contributed by atoms with Gasteiger partial charge in [-0.05, 0) is 19.1 Å². The maximum atomic E-state index is 11.7. The van der Waals surface area contributed by atoms with Crippen molar-refractivity contribution < 1.29 is 9.32 Å². The Bertz CT molecular complexity index is 524. The largest absolute Gasteiger partial charge is 0.361 e. The molecule has 1 N–H and O–H groups in total. The van der Waals surface area contributed by atoms with Crippen LogP contribution in [0.2, 0.25) is 5.15 Å². The van der Waals surface area contributed by atoms with E-state index in [1.54, 1.807) is 25.1 Å². The van der Waals surface area contributed by atoms with Crippen molar-refractivity contribution in [2.24, 2.45) is 0 Å². The molecule has 0 atom stereocenters. The number of nitrogens with zero attached hydrogens (tertiary/aromatic N) is 2. The van der Waals surface area contributed by atoms with Gasteiger partial charge in [0, 0.05) is 12.3 Å². The first-order valence-corrected chi connectivity index (χ1v) is 4.90. The molecule has 0 radical (unpaired) electrons. The molecule has 0 bridgehead atoms. The quantitative estimate of drug-likeness (QED) is 0.814. The van der Waals surface area contributed by atoms with Crippen LogP contribution in [0.5, 0.6) is 0 Å². The number of carbonyl (C=O) groups excluding carboxylic acids is 1. The summed E-state index contributed by atoms with van der Waals surface area (Å²) >= 11 is 5.79. The van der Waals surface area contributed by atoms with E-state index in [1.807, 2.05) is 0 Å². The Labute approximate surface area is 96.4 Å². The van der Waals surface area contributed by atoms with Gasteiger partial charge in [-0.1, -0.05) is 16.8 Å². The van der Waals surface area contributed by atoms with E-state index in [4.69, 9.17) is 16.1 Å². The van der Waals surface area contributed by atoms with E-state index in [1.165, 1.54) is 6.20 Å². The topological polar surface area (TPSA) is 68.0 Å². The van der Waals surface area contributed by atoms with Crippen LogP contribution in [0.25, 0.3) is 0 Å².